The first-order chi connectivity index (χ1) is 33.0. The van der Waals surface area contributed by atoms with Crippen LogP contribution in [0.25, 0.3) is 0 Å². The van der Waals surface area contributed by atoms with E-state index in [0.29, 0.717) is 19.3 Å². The van der Waals surface area contributed by atoms with Gasteiger partial charge < -0.3 is 14.2 Å². The third kappa shape index (κ3) is 52.9. The summed E-state index contributed by atoms with van der Waals surface area (Å²) in [5, 5.41) is 0. The number of unbranched alkanes of at least 4 members (excludes halogenated alkanes) is 20. The fraction of sp³-hybridized carbons (Fsp3) is 0.656. The topological polar surface area (TPSA) is 78.9 Å². The van der Waals surface area contributed by atoms with Crippen LogP contribution in [0, 0.1) is 0 Å². The van der Waals surface area contributed by atoms with Gasteiger partial charge in [0.15, 0.2) is 6.10 Å². The summed E-state index contributed by atoms with van der Waals surface area (Å²) in [5.74, 6) is -1.01. The Balaban J connectivity index is 4.54. The average molecular weight is 929 g/mol. The highest BCUT2D eigenvalue weighted by atomic mass is 16.6. The van der Waals surface area contributed by atoms with Crippen LogP contribution in [0.3, 0.4) is 0 Å². The Morgan fingerprint density at radius 2 is 0.642 bits per heavy atom. The molecule has 1 atom stereocenters. The van der Waals surface area contributed by atoms with E-state index in [1.165, 1.54) is 77.0 Å². The van der Waals surface area contributed by atoms with Gasteiger partial charge in [0.05, 0.1) is 0 Å². The van der Waals surface area contributed by atoms with Gasteiger partial charge in [-0.2, -0.15) is 0 Å². The molecule has 0 radical (unpaired) electrons. The lowest BCUT2D eigenvalue weighted by molar-refractivity contribution is -0.167. The second-order valence-corrected chi connectivity index (χ2v) is 17.8. The standard InChI is InChI=1S/C61H100O6/c1-4-7-10-13-16-19-22-25-28-30-32-33-36-39-42-45-48-51-54-60(63)66-57-58(56-65-59(62)53-50-47-44-41-38-35-27-24-21-18-15-12-9-6-3)67-61(64)55-52-49-46-43-40-37-34-31-29-26-23-20-17-14-11-8-5-2/h9,12,17-18,20-21,26-30,32-35,37,43,46,58H,4-8,10-11,13-16,19,22-25,31,36,38-42,44-45,47-57H2,1-3H3/b12-9-,20-17-,21-18-,29-26-,30-28-,33-32-,35-27-,37-34-,46-43-. The number of carbonyl (C=O) groups excluding carboxylic acids is 3. The first-order valence-corrected chi connectivity index (χ1v) is 27.4. The van der Waals surface area contributed by atoms with Crippen molar-refractivity contribution in [3.8, 4) is 0 Å². The Bertz CT molecular complexity index is 1390. The summed E-state index contributed by atoms with van der Waals surface area (Å²) in [6.45, 7) is 6.41. The van der Waals surface area contributed by atoms with Crippen LogP contribution in [0.1, 0.15) is 239 Å². The molecule has 0 saturated carbocycles. The van der Waals surface area contributed by atoms with Crippen LogP contribution in [-0.2, 0) is 28.6 Å². The predicted octanol–water partition coefficient (Wildman–Crippen LogP) is 18.3. The summed E-state index contributed by atoms with van der Waals surface area (Å²) in [5.41, 5.74) is 0. The van der Waals surface area contributed by atoms with Gasteiger partial charge in [-0.1, -0.05) is 214 Å². The molecule has 0 aromatic rings. The van der Waals surface area contributed by atoms with Gasteiger partial charge in [0, 0.05) is 19.3 Å². The molecule has 0 aliphatic heterocycles. The van der Waals surface area contributed by atoms with E-state index in [4.69, 9.17) is 14.2 Å². The second kappa shape index (κ2) is 54.7. The van der Waals surface area contributed by atoms with Gasteiger partial charge in [-0.15, -0.1) is 0 Å². The third-order valence-electron chi connectivity index (χ3n) is 11.3. The minimum Gasteiger partial charge on any atom is -0.462 e. The molecule has 0 saturated heterocycles. The largest absolute Gasteiger partial charge is 0.462 e. The van der Waals surface area contributed by atoms with Crippen molar-refractivity contribution < 1.29 is 28.6 Å². The van der Waals surface area contributed by atoms with Crippen molar-refractivity contribution in [2.45, 2.75) is 245 Å². The van der Waals surface area contributed by atoms with Crippen LogP contribution in [0.4, 0.5) is 0 Å². The Labute approximate surface area is 412 Å². The Kier molecular flexibility index (Phi) is 51.5. The molecule has 0 aliphatic rings. The molecule has 0 aromatic carbocycles. The minimum atomic E-state index is -0.824. The van der Waals surface area contributed by atoms with Crippen LogP contribution in [0.2, 0.25) is 0 Å². The van der Waals surface area contributed by atoms with Crippen molar-refractivity contribution in [1.29, 1.82) is 0 Å². The van der Waals surface area contributed by atoms with Gasteiger partial charge >= 0.3 is 17.9 Å². The zero-order valence-corrected chi connectivity index (χ0v) is 43.4. The summed E-state index contributed by atoms with van der Waals surface area (Å²) >= 11 is 0. The number of carbonyl (C=O) groups is 3. The second-order valence-electron chi connectivity index (χ2n) is 17.8. The highest BCUT2D eigenvalue weighted by Gasteiger charge is 2.19. The summed E-state index contributed by atoms with van der Waals surface area (Å²) in [6, 6.07) is 0. The van der Waals surface area contributed by atoms with E-state index in [9.17, 15) is 14.4 Å². The van der Waals surface area contributed by atoms with Crippen LogP contribution in [0.15, 0.2) is 109 Å². The van der Waals surface area contributed by atoms with E-state index in [2.05, 4.69) is 130 Å². The molecule has 6 heteroatoms. The molecule has 0 aliphatic carbocycles. The number of ether oxygens (including phenoxy) is 3. The molecular formula is C61H100O6. The maximum absolute atomic E-state index is 12.8. The summed E-state index contributed by atoms with van der Waals surface area (Å²) in [7, 11) is 0. The Morgan fingerprint density at radius 3 is 1.07 bits per heavy atom. The molecule has 0 aromatic heterocycles. The van der Waals surface area contributed by atoms with Crippen LogP contribution < -0.4 is 0 Å². The van der Waals surface area contributed by atoms with Gasteiger partial charge in [0.1, 0.15) is 13.2 Å². The molecule has 0 bridgehead atoms. The molecule has 0 rings (SSSR count). The van der Waals surface area contributed by atoms with E-state index in [-0.39, 0.29) is 37.5 Å². The SMILES string of the molecule is CC/C=C\C/C=C\C/C=C\CCCCCCC(=O)OCC(COC(=O)CCCCCCC/C=C\C=C/CCCCCCCCC)OC(=O)CCC/C=C\C/C=C\C/C=C\C/C=C\CCCCC. The molecule has 0 fully saturated rings. The zero-order valence-electron chi connectivity index (χ0n) is 43.4. The van der Waals surface area contributed by atoms with Crippen molar-refractivity contribution in [3.63, 3.8) is 0 Å². The summed E-state index contributed by atoms with van der Waals surface area (Å²) in [4.78, 5) is 38.1. The fourth-order valence-corrected chi connectivity index (χ4v) is 7.14. The minimum absolute atomic E-state index is 0.117. The maximum Gasteiger partial charge on any atom is 0.306 e. The molecule has 67 heavy (non-hydrogen) atoms. The van der Waals surface area contributed by atoms with Crippen molar-refractivity contribution in [1.82, 2.24) is 0 Å². The van der Waals surface area contributed by atoms with Crippen molar-refractivity contribution >= 4 is 17.9 Å². The number of rotatable bonds is 48. The number of allylic oxidation sites excluding steroid dienone is 18. The Morgan fingerprint density at radius 1 is 0.328 bits per heavy atom. The van der Waals surface area contributed by atoms with E-state index >= 15 is 0 Å². The molecule has 0 N–H and O–H groups in total. The van der Waals surface area contributed by atoms with E-state index in [0.717, 1.165) is 116 Å². The van der Waals surface area contributed by atoms with Crippen LogP contribution in [0.5, 0.6) is 0 Å². The Hall–Kier alpha value is -3.93. The lowest BCUT2D eigenvalue weighted by Gasteiger charge is -2.18. The van der Waals surface area contributed by atoms with Crippen molar-refractivity contribution in [2.24, 2.45) is 0 Å². The number of esters is 3. The normalized spacial score (nSPS) is 12.9. The lowest BCUT2D eigenvalue weighted by Crippen LogP contribution is -2.30. The lowest BCUT2D eigenvalue weighted by atomic mass is 10.1. The highest BCUT2D eigenvalue weighted by molar-refractivity contribution is 5.71. The van der Waals surface area contributed by atoms with Gasteiger partial charge in [0.25, 0.3) is 0 Å². The van der Waals surface area contributed by atoms with E-state index < -0.39 is 6.10 Å². The quantitative estimate of drug-likeness (QED) is 0.0199. The molecule has 0 amide bonds. The highest BCUT2D eigenvalue weighted by Crippen LogP contribution is 2.12. The van der Waals surface area contributed by atoms with Gasteiger partial charge in [-0.25, -0.2) is 0 Å². The van der Waals surface area contributed by atoms with Gasteiger partial charge in [0.2, 0.25) is 0 Å². The van der Waals surface area contributed by atoms with E-state index in [1.54, 1.807) is 0 Å². The maximum atomic E-state index is 12.8. The van der Waals surface area contributed by atoms with Crippen molar-refractivity contribution in [2.75, 3.05) is 13.2 Å². The molecule has 1 unspecified atom stereocenters. The van der Waals surface area contributed by atoms with Gasteiger partial charge in [-0.05, 0) is 116 Å². The number of hydrogen-bond donors (Lipinski definition) is 0. The molecule has 6 nitrogen and oxygen atoms in total. The smallest absolute Gasteiger partial charge is 0.306 e. The van der Waals surface area contributed by atoms with Crippen LogP contribution in [-0.4, -0.2) is 37.2 Å². The predicted molar refractivity (Wildman–Crippen MR) is 288 cm³/mol. The molecule has 0 spiro atoms. The van der Waals surface area contributed by atoms with E-state index in [1.807, 2.05) is 0 Å². The fourth-order valence-electron chi connectivity index (χ4n) is 7.14. The third-order valence-corrected chi connectivity index (χ3v) is 11.3. The average Bonchev–Trinajstić information content (AvgIpc) is 3.33. The van der Waals surface area contributed by atoms with Crippen molar-refractivity contribution in [3.05, 3.63) is 109 Å². The monoisotopic (exact) mass is 929 g/mol. The first kappa shape index (κ1) is 63.1. The summed E-state index contributed by atoms with van der Waals surface area (Å²) < 4.78 is 16.7. The first-order valence-electron chi connectivity index (χ1n) is 27.4. The molecular weight excluding hydrogens is 829 g/mol. The molecule has 380 valence electrons. The zero-order chi connectivity index (χ0) is 48.6. The van der Waals surface area contributed by atoms with Crippen LogP contribution >= 0.6 is 0 Å². The van der Waals surface area contributed by atoms with Gasteiger partial charge in [-0.3, -0.25) is 14.4 Å². The summed E-state index contributed by atoms with van der Waals surface area (Å²) in [6.07, 6.45) is 73.6. The number of hydrogen-bond acceptors (Lipinski definition) is 6. The molecule has 0 heterocycles.